The van der Waals surface area contributed by atoms with Crippen molar-refractivity contribution >= 4 is 16.8 Å². The largest absolute Gasteiger partial charge is 0.356 e. The number of amides is 1. The third-order valence-corrected chi connectivity index (χ3v) is 5.76. The number of aromatic nitrogens is 1. The summed E-state index contributed by atoms with van der Waals surface area (Å²) in [6.45, 7) is 11.5. The monoisotopic (exact) mass is 355 g/mol. The van der Waals surface area contributed by atoms with Crippen molar-refractivity contribution in [3.8, 4) is 0 Å². The minimum atomic E-state index is 0.117. The zero-order chi connectivity index (χ0) is 18.7. The van der Waals surface area contributed by atoms with Crippen LogP contribution in [0.15, 0.2) is 24.3 Å². The Morgan fingerprint density at radius 2 is 1.92 bits per heavy atom. The van der Waals surface area contributed by atoms with E-state index in [4.69, 9.17) is 0 Å². The molecule has 142 valence electrons. The molecule has 4 heteroatoms. The Hall–Kier alpha value is -1.81. The molecular formula is C22H33N3O. The molecule has 1 aromatic heterocycles. The average Bonchev–Trinajstić information content (AvgIpc) is 3.01. The number of carbonyl (C=O) groups excluding carboxylic acids is 1. The van der Waals surface area contributed by atoms with Gasteiger partial charge in [0.15, 0.2) is 0 Å². The number of rotatable bonds is 7. The Bertz CT molecular complexity index is 745. The van der Waals surface area contributed by atoms with Crippen molar-refractivity contribution in [3.63, 3.8) is 0 Å². The van der Waals surface area contributed by atoms with E-state index in [1.54, 1.807) is 6.92 Å². The highest BCUT2D eigenvalue weighted by Crippen LogP contribution is 2.38. The molecule has 1 aromatic carbocycles. The molecule has 0 fully saturated rings. The topological polar surface area (TPSA) is 39.3 Å². The third kappa shape index (κ3) is 3.39. The fraction of sp³-hybridized carbons (Fsp3) is 0.591. The Morgan fingerprint density at radius 1 is 1.23 bits per heavy atom. The highest BCUT2D eigenvalue weighted by molar-refractivity contribution is 5.86. The first-order chi connectivity index (χ1) is 12.6. The maximum Gasteiger partial charge on any atom is 0.220 e. The van der Waals surface area contributed by atoms with Crippen molar-refractivity contribution in [3.05, 3.63) is 35.5 Å². The van der Waals surface area contributed by atoms with E-state index in [1.807, 2.05) is 0 Å². The van der Waals surface area contributed by atoms with Crippen LogP contribution < -0.4 is 0 Å². The van der Waals surface area contributed by atoms with Crippen LogP contribution in [0.4, 0.5) is 0 Å². The summed E-state index contributed by atoms with van der Waals surface area (Å²) in [5.74, 6) is 0.186. The quantitative estimate of drug-likeness (QED) is 0.793. The second kappa shape index (κ2) is 8.26. The van der Waals surface area contributed by atoms with Gasteiger partial charge in [0.05, 0.1) is 6.04 Å². The smallest absolute Gasteiger partial charge is 0.220 e. The fourth-order valence-corrected chi connectivity index (χ4v) is 4.72. The molecule has 0 saturated carbocycles. The lowest BCUT2D eigenvalue weighted by Crippen LogP contribution is -2.50. The predicted octanol–water partition coefficient (Wildman–Crippen LogP) is 4.51. The Balaban J connectivity index is 2.09. The van der Waals surface area contributed by atoms with Crippen molar-refractivity contribution in [2.45, 2.75) is 65.5 Å². The van der Waals surface area contributed by atoms with Crippen LogP contribution in [0.1, 0.15) is 64.3 Å². The van der Waals surface area contributed by atoms with Crippen molar-refractivity contribution in [1.82, 2.24) is 14.8 Å². The van der Waals surface area contributed by atoms with Gasteiger partial charge in [-0.3, -0.25) is 9.69 Å². The highest BCUT2D eigenvalue weighted by atomic mass is 16.2. The Kier molecular flexibility index (Phi) is 6.02. The number of H-pyrrole nitrogens is 1. The molecule has 0 spiro atoms. The second-order valence-electron chi connectivity index (χ2n) is 7.48. The summed E-state index contributed by atoms with van der Waals surface area (Å²) in [5, 5.41) is 1.32. The number of para-hydroxylation sites is 1. The van der Waals surface area contributed by atoms with Gasteiger partial charge < -0.3 is 9.88 Å². The van der Waals surface area contributed by atoms with Gasteiger partial charge in [-0.15, -0.1) is 0 Å². The lowest BCUT2D eigenvalue weighted by Gasteiger charge is -2.44. The number of hydrogen-bond acceptors (Lipinski definition) is 2. The van der Waals surface area contributed by atoms with E-state index in [0.717, 1.165) is 45.3 Å². The predicted molar refractivity (Wildman–Crippen MR) is 108 cm³/mol. The summed E-state index contributed by atoms with van der Waals surface area (Å²) in [4.78, 5) is 20.9. The first-order valence-electron chi connectivity index (χ1n) is 10.2. The van der Waals surface area contributed by atoms with Crippen LogP contribution in [0, 0.1) is 0 Å². The zero-order valence-corrected chi connectivity index (χ0v) is 16.7. The number of aromatic amines is 1. The van der Waals surface area contributed by atoms with Gasteiger partial charge in [0.1, 0.15) is 0 Å². The zero-order valence-electron chi connectivity index (χ0n) is 16.7. The minimum absolute atomic E-state index is 0.117. The second-order valence-corrected chi connectivity index (χ2v) is 7.48. The summed E-state index contributed by atoms with van der Waals surface area (Å²) < 4.78 is 0. The van der Waals surface area contributed by atoms with Crippen molar-refractivity contribution in [1.29, 1.82) is 0 Å². The van der Waals surface area contributed by atoms with E-state index < -0.39 is 0 Å². The maximum atomic E-state index is 12.5. The maximum absolute atomic E-state index is 12.5. The summed E-state index contributed by atoms with van der Waals surface area (Å²) in [6.07, 6.45) is 4.27. The first kappa shape index (κ1) is 19.0. The number of nitrogens with one attached hydrogen (secondary N) is 1. The molecule has 3 rings (SSSR count). The van der Waals surface area contributed by atoms with Gasteiger partial charge in [-0.1, -0.05) is 39.0 Å². The minimum Gasteiger partial charge on any atom is -0.356 e. The van der Waals surface area contributed by atoms with Gasteiger partial charge in [-0.05, 0) is 50.4 Å². The molecule has 1 amide bonds. The Labute approximate surface area is 157 Å². The van der Waals surface area contributed by atoms with Crippen molar-refractivity contribution in [2.24, 2.45) is 0 Å². The van der Waals surface area contributed by atoms with Crippen LogP contribution in [0.3, 0.4) is 0 Å². The molecule has 1 aliphatic heterocycles. The molecule has 2 aromatic rings. The SMILES string of the molecule is CCCN(CCC)C(CC)C1c2[nH]c3ccccc3c2CCN1C(C)=O. The molecule has 4 nitrogen and oxygen atoms in total. The molecular weight excluding hydrogens is 322 g/mol. The fourth-order valence-electron chi connectivity index (χ4n) is 4.72. The third-order valence-electron chi connectivity index (χ3n) is 5.76. The molecule has 0 radical (unpaired) electrons. The molecule has 2 heterocycles. The number of benzene rings is 1. The van der Waals surface area contributed by atoms with Gasteiger partial charge >= 0.3 is 0 Å². The summed E-state index contributed by atoms with van der Waals surface area (Å²) in [5.41, 5.74) is 3.87. The van der Waals surface area contributed by atoms with Gasteiger partial charge in [0.2, 0.25) is 5.91 Å². The van der Waals surface area contributed by atoms with Crippen molar-refractivity contribution < 1.29 is 4.79 Å². The van der Waals surface area contributed by atoms with Gasteiger partial charge in [-0.2, -0.15) is 0 Å². The van der Waals surface area contributed by atoms with Crippen molar-refractivity contribution in [2.75, 3.05) is 19.6 Å². The summed E-state index contributed by atoms with van der Waals surface area (Å²) in [6, 6.07) is 9.03. The number of carbonyl (C=O) groups is 1. The summed E-state index contributed by atoms with van der Waals surface area (Å²) in [7, 11) is 0. The molecule has 0 aliphatic carbocycles. The highest BCUT2D eigenvalue weighted by Gasteiger charge is 2.38. The van der Waals surface area contributed by atoms with Crippen LogP contribution in [0.5, 0.6) is 0 Å². The molecule has 0 bridgehead atoms. The van der Waals surface area contributed by atoms with Crippen LogP contribution in [-0.2, 0) is 11.2 Å². The molecule has 26 heavy (non-hydrogen) atoms. The van der Waals surface area contributed by atoms with E-state index in [9.17, 15) is 4.79 Å². The van der Waals surface area contributed by atoms with E-state index in [2.05, 4.69) is 59.8 Å². The lowest BCUT2D eigenvalue weighted by atomic mass is 9.90. The van der Waals surface area contributed by atoms with E-state index >= 15 is 0 Å². The molecule has 1 N–H and O–H groups in total. The van der Waals surface area contributed by atoms with E-state index in [1.165, 1.54) is 22.2 Å². The van der Waals surface area contributed by atoms with E-state index in [-0.39, 0.29) is 11.9 Å². The van der Waals surface area contributed by atoms with Crippen LogP contribution in [0.2, 0.25) is 0 Å². The van der Waals surface area contributed by atoms with Crippen LogP contribution >= 0.6 is 0 Å². The number of hydrogen-bond donors (Lipinski definition) is 1. The van der Waals surface area contributed by atoms with Crippen LogP contribution in [-0.4, -0.2) is 46.4 Å². The number of fused-ring (bicyclic) bond motifs is 3. The van der Waals surface area contributed by atoms with Gasteiger partial charge in [0.25, 0.3) is 0 Å². The molecule has 0 saturated heterocycles. The average molecular weight is 356 g/mol. The Morgan fingerprint density at radius 3 is 2.54 bits per heavy atom. The van der Waals surface area contributed by atoms with Gasteiger partial charge in [0, 0.05) is 36.1 Å². The van der Waals surface area contributed by atoms with E-state index in [0.29, 0.717) is 6.04 Å². The normalized spacial score (nSPS) is 18.3. The number of nitrogens with zero attached hydrogens (tertiary/aromatic N) is 2. The summed E-state index contributed by atoms with van der Waals surface area (Å²) >= 11 is 0. The molecule has 1 aliphatic rings. The first-order valence-corrected chi connectivity index (χ1v) is 10.2. The van der Waals surface area contributed by atoms with Crippen LogP contribution in [0.25, 0.3) is 10.9 Å². The lowest BCUT2D eigenvalue weighted by molar-refractivity contribution is -0.133. The standard InChI is InChI=1S/C22H33N3O/c1-5-13-24(14-6-2)20(7-3)22-21-18(12-15-25(22)16(4)26)17-10-8-9-11-19(17)23-21/h8-11,20,22-23H,5-7,12-15H2,1-4H3. The molecule has 2 atom stereocenters. The molecule has 2 unspecified atom stereocenters. The van der Waals surface area contributed by atoms with Gasteiger partial charge in [-0.25, -0.2) is 0 Å².